The van der Waals surface area contributed by atoms with E-state index in [1.54, 1.807) is 13.8 Å². The molecular formula is C13H13F3O2. The zero-order chi connectivity index (χ0) is 13.9. The predicted molar refractivity (Wildman–Crippen MR) is 61.9 cm³/mol. The molecule has 0 fully saturated rings. The summed E-state index contributed by atoms with van der Waals surface area (Å²) in [7, 11) is 0. The van der Waals surface area contributed by atoms with E-state index in [0.717, 1.165) is 18.2 Å². The summed E-state index contributed by atoms with van der Waals surface area (Å²) in [6.07, 6.45) is -3.48. The van der Waals surface area contributed by atoms with Crippen LogP contribution in [-0.2, 0) is 11.0 Å². The van der Waals surface area contributed by atoms with Crippen molar-refractivity contribution in [3.05, 3.63) is 41.5 Å². The number of allylic oxidation sites excluding steroid dienone is 1. The molecule has 0 aromatic heterocycles. The summed E-state index contributed by atoms with van der Waals surface area (Å²) in [4.78, 5) is 10.7. The van der Waals surface area contributed by atoms with Crippen molar-refractivity contribution in [2.45, 2.75) is 20.0 Å². The minimum absolute atomic E-state index is 0.176. The molecule has 0 heterocycles. The van der Waals surface area contributed by atoms with Crippen LogP contribution in [0.5, 0.6) is 0 Å². The Kier molecular flexibility index (Phi) is 4.16. The Morgan fingerprint density at radius 1 is 1.33 bits per heavy atom. The number of rotatable bonds is 3. The number of hydrogen-bond donors (Lipinski definition) is 1. The van der Waals surface area contributed by atoms with Crippen molar-refractivity contribution in [2.75, 3.05) is 0 Å². The van der Waals surface area contributed by atoms with Crippen LogP contribution in [0.15, 0.2) is 30.3 Å². The minimum atomic E-state index is -4.43. The number of carbonyl (C=O) groups is 1. The van der Waals surface area contributed by atoms with Gasteiger partial charge in [0.15, 0.2) is 0 Å². The Morgan fingerprint density at radius 2 is 1.94 bits per heavy atom. The molecule has 5 heteroatoms. The van der Waals surface area contributed by atoms with E-state index >= 15 is 0 Å². The van der Waals surface area contributed by atoms with Gasteiger partial charge in [0.05, 0.1) is 5.56 Å². The van der Waals surface area contributed by atoms with Crippen molar-refractivity contribution in [3.63, 3.8) is 0 Å². The maximum absolute atomic E-state index is 12.6. The lowest BCUT2D eigenvalue weighted by atomic mass is 9.93. The number of carboxylic acids is 1. The summed E-state index contributed by atoms with van der Waals surface area (Å²) >= 11 is 0. The zero-order valence-corrected chi connectivity index (χ0v) is 9.95. The fourth-order valence-corrected chi connectivity index (χ4v) is 1.59. The smallest absolute Gasteiger partial charge is 0.416 e. The normalized spacial score (nSPS) is 12.9. The van der Waals surface area contributed by atoms with Crippen LogP contribution in [0.3, 0.4) is 0 Å². The van der Waals surface area contributed by atoms with Gasteiger partial charge in [-0.2, -0.15) is 13.2 Å². The van der Waals surface area contributed by atoms with E-state index in [1.165, 1.54) is 12.1 Å². The number of halogens is 3. The average Bonchev–Trinajstić information content (AvgIpc) is 2.24. The molecule has 0 amide bonds. The monoisotopic (exact) mass is 258 g/mol. The van der Waals surface area contributed by atoms with Crippen LogP contribution < -0.4 is 0 Å². The summed E-state index contributed by atoms with van der Waals surface area (Å²) in [6.45, 7) is 3.46. The van der Waals surface area contributed by atoms with E-state index in [-0.39, 0.29) is 11.5 Å². The van der Waals surface area contributed by atoms with Crippen LogP contribution in [0.2, 0.25) is 0 Å². The number of benzene rings is 1. The molecule has 2 nitrogen and oxygen atoms in total. The topological polar surface area (TPSA) is 37.3 Å². The Bertz CT molecular complexity index is 473. The van der Waals surface area contributed by atoms with E-state index < -0.39 is 17.7 Å². The quantitative estimate of drug-likeness (QED) is 0.836. The van der Waals surface area contributed by atoms with Gasteiger partial charge in [-0.1, -0.05) is 26.0 Å². The van der Waals surface area contributed by atoms with Crippen molar-refractivity contribution in [1.29, 1.82) is 0 Å². The van der Waals surface area contributed by atoms with Gasteiger partial charge in [0.1, 0.15) is 0 Å². The third-order valence-corrected chi connectivity index (χ3v) is 2.42. The lowest BCUT2D eigenvalue weighted by Gasteiger charge is -2.13. The molecule has 0 atom stereocenters. The minimum Gasteiger partial charge on any atom is -0.478 e. The zero-order valence-electron chi connectivity index (χ0n) is 9.95. The first-order valence-corrected chi connectivity index (χ1v) is 5.34. The number of hydrogen-bond acceptors (Lipinski definition) is 1. The van der Waals surface area contributed by atoms with E-state index in [9.17, 15) is 18.0 Å². The summed E-state index contributed by atoms with van der Waals surface area (Å²) in [6, 6.07) is 4.68. The number of carboxylic acid groups (broad SMARTS) is 1. The molecule has 0 spiro atoms. The molecule has 0 bridgehead atoms. The highest BCUT2D eigenvalue weighted by Crippen LogP contribution is 2.32. The molecule has 98 valence electrons. The first kappa shape index (κ1) is 14.3. The highest BCUT2D eigenvalue weighted by Gasteiger charge is 2.30. The second-order valence-electron chi connectivity index (χ2n) is 4.17. The lowest BCUT2D eigenvalue weighted by Crippen LogP contribution is -2.06. The first-order chi connectivity index (χ1) is 8.21. The molecule has 0 radical (unpaired) electrons. The second kappa shape index (κ2) is 5.25. The second-order valence-corrected chi connectivity index (χ2v) is 4.17. The Morgan fingerprint density at radius 3 is 2.39 bits per heavy atom. The fraction of sp³-hybridized carbons (Fsp3) is 0.308. The van der Waals surface area contributed by atoms with Gasteiger partial charge in [0, 0.05) is 6.08 Å². The highest BCUT2D eigenvalue weighted by atomic mass is 19.4. The maximum atomic E-state index is 12.6. The number of alkyl halides is 3. The van der Waals surface area contributed by atoms with Gasteiger partial charge < -0.3 is 5.11 Å². The first-order valence-electron chi connectivity index (χ1n) is 5.34. The fourth-order valence-electron chi connectivity index (χ4n) is 1.59. The summed E-state index contributed by atoms with van der Waals surface area (Å²) in [5, 5.41) is 8.72. The predicted octanol–water partition coefficient (Wildman–Crippen LogP) is 3.83. The average molecular weight is 258 g/mol. The van der Waals surface area contributed by atoms with Crippen molar-refractivity contribution in [3.8, 4) is 0 Å². The number of aliphatic carboxylic acids is 1. The van der Waals surface area contributed by atoms with Gasteiger partial charge in [-0.15, -0.1) is 0 Å². The van der Waals surface area contributed by atoms with Crippen molar-refractivity contribution < 1.29 is 23.1 Å². The van der Waals surface area contributed by atoms with Crippen LogP contribution in [0.25, 0.3) is 5.57 Å². The van der Waals surface area contributed by atoms with Crippen molar-refractivity contribution in [2.24, 2.45) is 5.92 Å². The third kappa shape index (κ3) is 3.61. The Labute approximate surface area is 103 Å². The van der Waals surface area contributed by atoms with Crippen molar-refractivity contribution >= 4 is 11.5 Å². The van der Waals surface area contributed by atoms with Gasteiger partial charge >= 0.3 is 12.1 Å². The molecule has 1 rings (SSSR count). The standard InChI is InChI=1S/C13H13F3O2/c1-8(2)11(7-12(17)18)9-4-3-5-10(6-9)13(14,15)16/h3-8H,1-2H3,(H,17,18)/b11-7+. The molecule has 1 aromatic carbocycles. The van der Waals surface area contributed by atoms with Crippen LogP contribution in [-0.4, -0.2) is 11.1 Å². The summed E-state index contributed by atoms with van der Waals surface area (Å²) in [5.74, 6) is -1.35. The molecule has 0 aliphatic rings. The molecular weight excluding hydrogens is 245 g/mol. The van der Waals surface area contributed by atoms with Crippen LogP contribution in [0.4, 0.5) is 13.2 Å². The molecule has 0 unspecified atom stereocenters. The maximum Gasteiger partial charge on any atom is 0.416 e. The molecule has 0 aliphatic heterocycles. The molecule has 18 heavy (non-hydrogen) atoms. The van der Waals surface area contributed by atoms with Gasteiger partial charge in [-0.05, 0) is 29.2 Å². The van der Waals surface area contributed by atoms with Crippen molar-refractivity contribution in [1.82, 2.24) is 0 Å². The van der Waals surface area contributed by atoms with Gasteiger partial charge in [0.25, 0.3) is 0 Å². The van der Waals surface area contributed by atoms with Gasteiger partial charge in [0.2, 0.25) is 0 Å². The Balaban J connectivity index is 3.27. The van der Waals surface area contributed by atoms with Crippen LogP contribution in [0.1, 0.15) is 25.0 Å². The Hall–Kier alpha value is -1.78. The van der Waals surface area contributed by atoms with Crippen LogP contribution >= 0.6 is 0 Å². The van der Waals surface area contributed by atoms with E-state index in [4.69, 9.17) is 5.11 Å². The molecule has 1 N–H and O–H groups in total. The van der Waals surface area contributed by atoms with E-state index in [0.29, 0.717) is 5.57 Å². The van der Waals surface area contributed by atoms with Gasteiger partial charge in [-0.3, -0.25) is 0 Å². The highest BCUT2D eigenvalue weighted by molar-refractivity contribution is 5.90. The molecule has 0 aliphatic carbocycles. The lowest BCUT2D eigenvalue weighted by molar-refractivity contribution is -0.137. The van der Waals surface area contributed by atoms with E-state index in [1.807, 2.05) is 0 Å². The SMILES string of the molecule is CC(C)/C(=C\C(=O)O)c1cccc(C(F)(F)F)c1. The summed E-state index contributed by atoms with van der Waals surface area (Å²) < 4.78 is 37.7. The largest absolute Gasteiger partial charge is 0.478 e. The molecule has 0 saturated heterocycles. The third-order valence-electron chi connectivity index (χ3n) is 2.42. The van der Waals surface area contributed by atoms with Gasteiger partial charge in [-0.25, -0.2) is 4.79 Å². The molecule has 1 aromatic rings. The molecule has 0 saturated carbocycles. The van der Waals surface area contributed by atoms with Crippen LogP contribution in [0, 0.1) is 5.92 Å². The van der Waals surface area contributed by atoms with E-state index in [2.05, 4.69) is 0 Å². The summed E-state index contributed by atoms with van der Waals surface area (Å²) in [5.41, 5.74) is -0.132.